The van der Waals surface area contributed by atoms with Crippen LogP contribution in [0.25, 0.3) is 0 Å². The number of hydrogen-bond acceptors (Lipinski definition) is 2. The van der Waals surface area contributed by atoms with Crippen molar-refractivity contribution in [2.24, 2.45) is 0 Å². The van der Waals surface area contributed by atoms with Crippen LogP contribution in [0.3, 0.4) is 0 Å². The molecule has 3 heteroatoms. The van der Waals surface area contributed by atoms with E-state index < -0.39 is 9.84 Å². The zero-order valence-electron chi connectivity index (χ0n) is 8.67. The first-order chi connectivity index (χ1) is 6.08. The van der Waals surface area contributed by atoms with Crippen LogP contribution >= 0.6 is 0 Å². The summed E-state index contributed by atoms with van der Waals surface area (Å²) in [5.41, 5.74) is 0. The second-order valence-electron chi connectivity index (χ2n) is 4.06. The summed E-state index contributed by atoms with van der Waals surface area (Å²) in [6.45, 7) is 4.13. The highest BCUT2D eigenvalue weighted by molar-refractivity contribution is 7.93. The van der Waals surface area contributed by atoms with Gasteiger partial charge in [0.25, 0.3) is 0 Å². The van der Waals surface area contributed by atoms with Crippen molar-refractivity contribution < 1.29 is 8.42 Å². The Balaban J connectivity index is 2.80. The van der Waals surface area contributed by atoms with E-state index in [9.17, 15) is 8.42 Å². The molecule has 78 valence electrons. The summed E-state index contributed by atoms with van der Waals surface area (Å²) in [5, 5.41) is 0. The normalized spacial score (nSPS) is 32.2. The van der Waals surface area contributed by atoms with Gasteiger partial charge in [0.1, 0.15) is 0 Å². The molecule has 0 aromatic rings. The van der Waals surface area contributed by atoms with Gasteiger partial charge < -0.3 is 0 Å². The Hall–Kier alpha value is -0.0500. The van der Waals surface area contributed by atoms with Gasteiger partial charge in [0.2, 0.25) is 0 Å². The highest BCUT2D eigenvalue weighted by atomic mass is 32.2. The molecule has 1 heterocycles. The molecule has 0 radical (unpaired) electrons. The molecule has 0 saturated carbocycles. The highest BCUT2D eigenvalue weighted by Gasteiger charge is 2.45. The Morgan fingerprint density at radius 3 is 2.38 bits per heavy atom. The van der Waals surface area contributed by atoms with Crippen LogP contribution in [0.2, 0.25) is 0 Å². The third-order valence-electron chi connectivity index (χ3n) is 3.34. The predicted molar refractivity (Wildman–Crippen MR) is 55.6 cm³/mol. The van der Waals surface area contributed by atoms with E-state index >= 15 is 0 Å². The summed E-state index contributed by atoms with van der Waals surface area (Å²) in [6, 6.07) is 0. The topological polar surface area (TPSA) is 34.1 Å². The SMILES string of the molecule is CCCCC1(CC)CCCS1(=O)=O. The van der Waals surface area contributed by atoms with Gasteiger partial charge in [0, 0.05) is 0 Å². The maximum Gasteiger partial charge on any atom is 0.155 e. The van der Waals surface area contributed by atoms with Crippen molar-refractivity contribution >= 4 is 9.84 Å². The van der Waals surface area contributed by atoms with Crippen molar-refractivity contribution in [2.75, 3.05) is 5.75 Å². The molecular formula is C10H20O2S. The number of hydrogen-bond donors (Lipinski definition) is 0. The van der Waals surface area contributed by atoms with Gasteiger partial charge >= 0.3 is 0 Å². The third kappa shape index (κ3) is 1.90. The lowest BCUT2D eigenvalue weighted by molar-refractivity contribution is 0.451. The maximum absolute atomic E-state index is 11.8. The lowest BCUT2D eigenvalue weighted by atomic mass is 9.94. The summed E-state index contributed by atoms with van der Waals surface area (Å²) in [6.07, 6.45) is 5.59. The Kier molecular flexibility index (Phi) is 3.38. The molecule has 2 nitrogen and oxygen atoms in total. The fourth-order valence-corrected chi connectivity index (χ4v) is 4.62. The smallest absolute Gasteiger partial charge is 0.155 e. The molecular weight excluding hydrogens is 184 g/mol. The molecule has 1 fully saturated rings. The second-order valence-corrected chi connectivity index (χ2v) is 6.57. The van der Waals surface area contributed by atoms with Gasteiger partial charge in [-0.1, -0.05) is 26.7 Å². The average Bonchev–Trinajstić information content (AvgIpc) is 2.38. The van der Waals surface area contributed by atoms with Crippen LogP contribution in [0, 0.1) is 0 Å². The Bertz CT molecular complexity index is 256. The first-order valence-corrected chi connectivity index (χ1v) is 6.95. The summed E-state index contributed by atoms with van der Waals surface area (Å²) >= 11 is 0. The minimum Gasteiger partial charge on any atom is -0.228 e. The molecule has 13 heavy (non-hydrogen) atoms. The van der Waals surface area contributed by atoms with Gasteiger partial charge in [-0.15, -0.1) is 0 Å². The van der Waals surface area contributed by atoms with E-state index in [-0.39, 0.29) is 4.75 Å². The molecule has 0 bridgehead atoms. The lowest BCUT2D eigenvalue weighted by Crippen LogP contribution is -2.33. The van der Waals surface area contributed by atoms with Gasteiger partial charge in [0.05, 0.1) is 10.5 Å². The molecule has 1 unspecified atom stereocenters. The van der Waals surface area contributed by atoms with E-state index in [1.165, 1.54) is 0 Å². The van der Waals surface area contributed by atoms with Gasteiger partial charge in [-0.05, 0) is 25.7 Å². The molecule has 0 aliphatic carbocycles. The Morgan fingerprint density at radius 1 is 1.31 bits per heavy atom. The van der Waals surface area contributed by atoms with Crippen LogP contribution in [-0.4, -0.2) is 18.9 Å². The monoisotopic (exact) mass is 204 g/mol. The Labute approximate surface area is 81.6 Å². The maximum atomic E-state index is 11.8. The predicted octanol–water partition coefficient (Wildman–Crippen LogP) is 2.53. The van der Waals surface area contributed by atoms with E-state index in [2.05, 4.69) is 6.92 Å². The fourth-order valence-electron chi connectivity index (χ4n) is 2.31. The molecule has 0 spiro atoms. The van der Waals surface area contributed by atoms with Crippen molar-refractivity contribution in [3.05, 3.63) is 0 Å². The van der Waals surface area contributed by atoms with Gasteiger partial charge in [-0.2, -0.15) is 0 Å². The van der Waals surface area contributed by atoms with Crippen LogP contribution in [0.1, 0.15) is 52.4 Å². The van der Waals surface area contributed by atoms with E-state index in [0.29, 0.717) is 5.75 Å². The minimum atomic E-state index is -2.77. The summed E-state index contributed by atoms with van der Waals surface area (Å²) in [4.78, 5) is 0. The van der Waals surface area contributed by atoms with E-state index in [1.807, 2.05) is 6.92 Å². The second kappa shape index (κ2) is 3.99. The van der Waals surface area contributed by atoms with Crippen molar-refractivity contribution in [3.63, 3.8) is 0 Å². The standard InChI is InChI=1S/C10H20O2S/c1-3-5-7-10(4-2)8-6-9-13(10,11)12/h3-9H2,1-2H3. The molecule has 1 atom stereocenters. The van der Waals surface area contributed by atoms with Crippen LogP contribution in [0.15, 0.2) is 0 Å². The quantitative estimate of drug-likeness (QED) is 0.705. The van der Waals surface area contributed by atoms with Crippen LogP contribution < -0.4 is 0 Å². The minimum absolute atomic E-state index is 0.344. The van der Waals surface area contributed by atoms with Crippen LogP contribution in [0.4, 0.5) is 0 Å². The molecule has 1 aliphatic heterocycles. The first kappa shape index (κ1) is 11.0. The first-order valence-electron chi connectivity index (χ1n) is 5.30. The zero-order valence-corrected chi connectivity index (χ0v) is 9.49. The lowest BCUT2D eigenvalue weighted by Gasteiger charge is -2.26. The summed E-state index contributed by atoms with van der Waals surface area (Å²) in [7, 11) is -2.77. The van der Waals surface area contributed by atoms with E-state index in [0.717, 1.165) is 38.5 Å². The average molecular weight is 204 g/mol. The molecule has 0 aromatic carbocycles. The Morgan fingerprint density at radius 2 is 2.00 bits per heavy atom. The van der Waals surface area contributed by atoms with Crippen molar-refractivity contribution in [1.82, 2.24) is 0 Å². The van der Waals surface area contributed by atoms with Gasteiger partial charge in [-0.25, -0.2) is 8.42 Å². The fraction of sp³-hybridized carbons (Fsp3) is 1.00. The van der Waals surface area contributed by atoms with E-state index in [1.54, 1.807) is 0 Å². The van der Waals surface area contributed by atoms with Crippen LogP contribution in [0.5, 0.6) is 0 Å². The van der Waals surface area contributed by atoms with Crippen molar-refractivity contribution in [2.45, 2.75) is 57.1 Å². The van der Waals surface area contributed by atoms with Gasteiger partial charge in [0.15, 0.2) is 9.84 Å². The highest BCUT2D eigenvalue weighted by Crippen LogP contribution is 2.39. The summed E-state index contributed by atoms with van der Waals surface area (Å²) in [5.74, 6) is 0.421. The van der Waals surface area contributed by atoms with Gasteiger partial charge in [-0.3, -0.25) is 0 Å². The molecule has 1 rings (SSSR count). The van der Waals surface area contributed by atoms with Crippen molar-refractivity contribution in [3.8, 4) is 0 Å². The molecule has 1 saturated heterocycles. The molecule has 0 aromatic heterocycles. The third-order valence-corrected chi connectivity index (χ3v) is 6.18. The number of sulfone groups is 1. The number of rotatable bonds is 4. The van der Waals surface area contributed by atoms with Crippen molar-refractivity contribution in [1.29, 1.82) is 0 Å². The summed E-state index contributed by atoms with van der Waals surface area (Å²) < 4.78 is 23.3. The van der Waals surface area contributed by atoms with Crippen LogP contribution in [-0.2, 0) is 9.84 Å². The molecule has 1 aliphatic rings. The largest absolute Gasteiger partial charge is 0.228 e. The molecule has 0 N–H and O–H groups in total. The van der Waals surface area contributed by atoms with E-state index in [4.69, 9.17) is 0 Å². The molecule has 0 amide bonds. The zero-order chi connectivity index (χ0) is 9.95. The number of unbranched alkanes of at least 4 members (excludes halogenated alkanes) is 1.